The van der Waals surface area contributed by atoms with E-state index in [9.17, 15) is 5.11 Å². The number of thiocarbonyl (C=S) groups is 1. The fraction of sp³-hybridized carbons (Fsp3) is 0.462. The zero-order chi connectivity index (χ0) is 13.3. The van der Waals surface area contributed by atoms with Gasteiger partial charge >= 0.3 is 0 Å². The van der Waals surface area contributed by atoms with Crippen LogP contribution in [0.2, 0.25) is 5.02 Å². The first kappa shape index (κ1) is 13.7. The molecule has 0 amide bonds. The molecule has 1 aromatic rings. The zero-order valence-electron chi connectivity index (χ0n) is 10.3. The first-order valence-electron chi connectivity index (χ1n) is 5.92. The zero-order valence-corrected chi connectivity index (χ0v) is 11.8. The topological polar surface area (TPSA) is 49.5 Å². The lowest BCUT2D eigenvalue weighted by molar-refractivity contribution is 0.148. The summed E-state index contributed by atoms with van der Waals surface area (Å²) in [6.45, 7) is 3.19. The monoisotopic (exact) mass is 284 g/mol. The summed E-state index contributed by atoms with van der Waals surface area (Å²) in [5, 5.41) is 10.8. The van der Waals surface area contributed by atoms with E-state index in [4.69, 9.17) is 29.6 Å². The van der Waals surface area contributed by atoms with Crippen LogP contribution in [0.3, 0.4) is 0 Å². The molecule has 18 heavy (non-hydrogen) atoms. The molecule has 1 aliphatic rings. The van der Waals surface area contributed by atoms with Gasteiger partial charge in [0.05, 0.1) is 16.6 Å². The minimum atomic E-state index is -0.601. The first-order valence-corrected chi connectivity index (χ1v) is 6.70. The van der Waals surface area contributed by atoms with Crippen molar-refractivity contribution in [3.05, 3.63) is 34.9 Å². The number of halogens is 1. The van der Waals surface area contributed by atoms with Crippen LogP contribution in [0.25, 0.3) is 0 Å². The summed E-state index contributed by atoms with van der Waals surface area (Å²) in [5.74, 6) is 0. The Morgan fingerprint density at radius 1 is 1.61 bits per heavy atom. The highest BCUT2D eigenvalue weighted by Crippen LogP contribution is 2.25. The SMILES string of the molecule is CC1(N)CCN(CC(O)c2cccc(Cl)c2)C1=S. The highest BCUT2D eigenvalue weighted by atomic mass is 35.5. The Bertz CT molecular complexity index is 464. The van der Waals surface area contributed by atoms with Crippen molar-refractivity contribution in [2.24, 2.45) is 5.73 Å². The summed E-state index contributed by atoms with van der Waals surface area (Å²) in [5.41, 5.74) is 6.44. The van der Waals surface area contributed by atoms with Crippen LogP contribution < -0.4 is 5.73 Å². The average Bonchev–Trinajstić information content (AvgIpc) is 2.56. The van der Waals surface area contributed by atoms with E-state index < -0.39 is 11.6 Å². The van der Waals surface area contributed by atoms with Gasteiger partial charge < -0.3 is 15.7 Å². The lowest BCUT2D eigenvalue weighted by Crippen LogP contribution is -2.44. The normalized spacial score (nSPS) is 25.6. The van der Waals surface area contributed by atoms with Crippen molar-refractivity contribution in [1.82, 2.24) is 4.90 Å². The quantitative estimate of drug-likeness (QED) is 0.835. The van der Waals surface area contributed by atoms with Crippen LogP contribution in [0, 0.1) is 0 Å². The Kier molecular flexibility index (Phi) is 3.92. The molecule has 5 heteroatoms. The second-order valence-corrected chi connectivity index (χ2v) is 5.81. The standard InChI is InChI=1S/C13H17ClN2OS/c1-13(15)5-6-16(12(13)18)8-11(17)9-3-2-4-10(14)7-9/h2-4,7,11,17H,5-6,8,15H2,1H3. The first-order chi connectivity index (χ1) is 8.40. The molecule has 2 unspecified atom stereocenters. The lowest BCUT2D eigenvalue weighted by atomic mass is 10.0. The number of nitrogens with two attached hydrogens (primary N) is 1. The Balaban J connectivity index is 2.05. The van der Waals surface area contributed by atoms with Gasteiger partial charge in [-0.05, 0) is 31.0 Å². The van der Waals surface area contributed by atoms with E-state index in [2.05, 4.69) is 0 Å². The number of β-amino-alcohol motifs (C(OH)–C–C–N with tert-alkyl or cyclic N) is 1. The van der Waals surface area contributed by atoms with E-state index in [0.29, 0.717) is 11.6 Å². The molecule has 1 saturated heterocycles. The smallest absolute Gasteiger partial charge is 0.0980 e. The molecule has 0 aromatic heterocycles. The molecule has 2 rings (SSSR count). The van der Waals surface area contributed by atoms with Gasteiger partial charge in [-0.15, -0.1) is 0 Å². The van der Waals surface area contributed by atoms with Crippen LogP contribution >= 0.6 is 23.8 Å². The summed E-state index contributed by atoms with van der Waals surface area (Å²) in [7, 11) is 0. The Labute approximate surface area is 118 Å². The maximum absolute atomic E-state index is 10.2. The molecule has 2 atom stereocenters. The number of aliphatic hydroxyl groups excluding tert-OH is 1. The fourth-order valence-corrected chi connectivity index (χ4v) is 2.61. The Morgan fingerprint density at radius 3 is 2.89 bits per heavy atom. The van der Waals surface area contributed by atoms with E-state index in [0.717, 1.165) is 23.5 Å². The minimum Gasteiger partial charge on any atom is -0.387 e. The van der Waals surface area contributed by atoms with E-state index in [-0.39, 0.29) is 0 Å². The van der Waals surface area contributed by atoms with Crippen LogP contribution in [0.5, 0.6) is 0 Å². The number of likely N-dealkylation sites (tertiary alicyclic amines) is 1. The predicted octanol–water partition coefficient (Wildman–Crippen LogP) is 2.12. The number of hydrogen-bond acceptors (Lipinski definition) is 3. The van der Waals surface area contributed by atoms with Gasteiger partial charge in [-0.25, -0.2) is 0 Å². The van der Waals surface area contributed by atoms with Gasteiger partial charge in [0, 0.05) is 18.1 Å². The van der Waals surface area contributed by atoms with Gasteiger partial charge in [-0.1, -0.05) is 36.0 Å². The van der Waals surface area contributed by atoms with E-state index in [1.165, 1.54) is 0 Å². The molecular formula is C13H17ClN2OS. The molecule has 1 heterocycles. The van der Waals surface area contributed by atoms with Gasteiger partial charge in [0.1, 0.15) is 0 Å². The lowest BCUT2D eigenvalue weighted by Gasteiger charge is -2.25. The van der Waals surface area contributed by atoms with Crippen LogP contribution in [0.15, 0.2) is 24.3 Å². The molecule has 0 aliphatic carbocycles. The second-order valence-electron chi connectivity index (χ2n) is 4.99. The third-order valence-corrected chi connectivity index (χ3v) is 4.26. The third-order valence-electron chi connectivity index (χ3n) is 3.30. The summed E-state index contributed by atoms with van der Waals surface area (Å²) in [6.07, 6.45) is 0.226. The Morgan fingerprint density at radius 2 is 2.33 bits per heavy atom. The molecular weight excluding hydrogens is 268 g/mol. The van der Waals surface area contributed by atoms with Crippen LogP contribution in [-0.4, -0.2) is 33.6 Å². The maximum atomic E-state index is 10.2. The minimum absolute atomic E-state index is 0.427. The molecule has 0 radical (unpaired) electrons. The molecule has 3 N–H and O–H groups in total. The van der Waals surface area contributed by atoms with Gasteiger partial charge in [0.2, 0.25) is 0 Å². The van der Waals surface area contributed by atoms with Crippen molar-refractivity contribution in [2.45, 2.75) is 25.0 Å². The molecule has 1 fully saturated rings. The predicted molar refractivity (Wildman–Crippen MR) is 77.8 cm³/mol. The molecule has 3 nitrogen and oxygen atoms in total. The molecule has 0 spiro atoms. The number of nitrogens with zero attached hydrogens (tertiary/aromatic N) is 1. The third kappa shape index (κ3) is 2.83. The molecule has 1 aliphatic heterocycles. The van der Waals surface area contributed by atoms with Crippen molar-refractivity contribution in [3.63, 3.8) is 0 Å². The van der Waals surface area contributed by atoms with Crippen LogP contribution in [-0.2, 0) is 0 Å². The van der Waals surface area contributed by atoms with Crippen molar-refractivity contribution in [3.8, 4) is 0 Å². The molecule has 1 aromatic carbocycles. The van der Waals surface area contributed by atoms with Crippen molar-refractivity contribution >= 4 is 28.8 Å². The summed E-state index contributed by atoms with van der Waals surface area (Å²) in [4.78, 5) is 2.70. The van der Waals surface area contributed by atoms with Crippen LogP contribution in [0.1, 0.15) is 25.0 Å². The van der Waals surface area contributed by atoms with Gasteiger partial charge in [-0.3, -0.25) is 0 Å². The summed E-state index contributed by atoms with van der Waals surface area (Å²) in [6, 6.07) is 7.25. The molecule has 98 valence electrons. The van der Waals surface area contributed by atoms with Crippen LogP contribution in [0.4, 0.5) is 0 Å². The number of aliphatic hydroxyl groups is 1. The Hall–Kier alpha value is -0.680. The fourth-order valence-electron chi connectivity index (χ4n) is 2.14. The molecule has 0 bridgehead atoms. The van der Waals surface area contributed by atoms with E-state index in [1.54, 1.807) is 12.1 Å². The molecule has 0 saturated carbocycles. The second kappa shape index (κ2) is 5.13. The van der Waals surface area contributed by atoms with Crippen molar-refractivity contribution in [1.29, 1.82) is 0 Å². The number of rotatable bonds is 3. The van der Waals surface area contributed by atoms with E-state index >= 15 is 0 Å². The summed E-state index contributed by atoms with van der Waals surface area (Å²) >= 11 is 11.2. The highest BCUT2D eigenvalue weighted by molar-refractivity contribution is 7.80. The van der Waals surface area contributed by atoms with Crippen molar-refractivity contribution < 1.29 is 5.11 Å². The van der Waals surface area contributed by atoms with E-state index in [1.807, 2.05) is 24.0 Å². The van der Waals surface area contributed by atoms with Gasteiger partial charge in [0.25, 0.3) is 0 Å². The largest absolute Gasteiger partial charge is 0.387 e. The highest BCUT2D eigenvalue weighted by Gasteiger charge is 2.36. The number of benzene rings is 1. The average molecular weight is 285 g/mol. The van der Waals surface area contributed by atoms with Crippen molar-refractivity contribution in [2.75, 3.05) is 13.1 Å². The maximum Gasteiger partial charge on any atom is 0.0980 e. The van der Waals surface area contributed by atoms with Gasteiger partial charge in [0.15, 0.2) is 0 Å². The number of hydrogen-bond donors (Lipinski definition) is 2. The summed E-state index contributed by atoms with van der Waals surface area (Å²) < 4.78 is 0. The van der Waals surface area contributed by atoms with Gasteiger partial charge in [-0.2, -0.15) is 0 Å².